The highest BCUT2D eigenvalue weighted by Crippen LogP contribution is 2.41. The summed E-state index contributed by atoms with van der Waals surface area (Å²) in [4.78, 5) is 2.54. The van der Waals surface area contributed by atoms with Crippen molar-refractivity contribution in [2.75, 3.05) is 26.3 Å². The van der Waals surface area contributed by atoms with Gasteiger partial charge in [0.2, 0.25) is 0 Å². The molecule has 0 N–H and O–H groups in total. The zero-order valence-electron chi connectivity index (χ0n) is 15.6. The fourth-order valence-electron chi connectivity index (χ4n) is 3.94. The van der Waals surface area contributed by atoms with Crippen molar-refractivity contribution in [3.8, 4) is 16.9 Å². The van der Waals surface area contributed by atoms with E-state index in [-0.39, 0.29) is 15.7 Å². The number of hydrogen-bond donors (Lipinski definition) is 0. The minimum atomic E-state index is -3.51. The minimum absolute atomic E-state index is 0.145. The third kappa shape index (κ3) is 3.38. The van der Waals surface area contributed by atoms with Gasteiger partial charge in [0, 0.05) is 30.8 Å². The van der Waals surface area contributed by atoms with Gasteiger partial charge >= 0.3 is 0 Å². The van der Waals surface area contributed by atoms with Crippen LogP contribution in [0.25, 0.3) is 16.9 Å². The van der Waals surface area contributed by atoms with E-state index in [1.54, 1.807) is 22.9 Å². The molecule has 5 rings (SSSR count). The first-order valence-electron chi connectivity index (χ1n) is 9.43. The Labute approximate surface area is 174 Å². The van der Waals surface area contributed by atoms with Gasteiger partial charge in [0.05, 0.1) is 40.3 Å². The van der Waals surface area contributed by atoms with E-state index in [0.717, 1.165) is 44.2 Å². The number of halogens is 1. The molecule has 29 heavy (non-hydrogen) atoms. The Balaban J connectivity index is 1.51. The SMILES string of the molecule is O=S1(=O)Cc2[c]nn(-c3ccc(CN4CCOCC4)cc3)c2-c2cccc(Cl)c21. The Morgan fingerprint density at radius 2 is 1.86 bits per heavy atom. The lowest BCUT2D eigenvalue weighted by Crippen LogP contribution is -2.35. The normalized spacial score (nSPS) is 18.2. The van der Waals surface area contributed by atoms with Gasteiger partial charge in [-0.1, -0.05) is 35.9 Å². The molecule has 1 fully saturated rings. The van der Waals surface area contributed by atoms with Crippen LogP contribution in [-0.4, -0.2) is 49.4 Å². The number of hydrogen-bond acceptors (Lipinski definition) is 5. The van der Waals surface area contributed by atoms with Crippen molar-refractivity contribution in [3.05, 3.63) is 64.8 Å². The van der Waals surface area contributed by atoms with Crippen molar-refractivity contribution in [2.24, 2.45) is 0 Å². The van der Waals surface area contributed by atoms with Gasteiger partial charge in [-0.25, -0.2) is 13.1 Å². The number of aromatic nitrogens is 2. The summed E-state index contributed by atoms with van der Waals surface area (Å²) in [6.45, 7) is 4.31. The molecule has 0 spiro atoms. The topological polar surface area (TPSA) is 64.4 Å². The van der Waals surface area contributed by atoms with Crippen molar-refractivity contribution in [2.45, 2.75) is 17.2 Å². The number of morpholine rings is 1. The fraction of sp³-hybridized carbons (Fsp3) is 0.286. The summed E-state index contributed by atoms with van der Waals surface area (Å²) in [6.07, 6.45) is 2.89. The molecule has 0 bridgehead atoms. The van der Waals surface area contributed by atoms with Crippen LogP contribution in [-0.2, 0) is 26.9 Å². The molecular weight excluding hydrogens is 410 g/mol. The molecule has 0 saturated carbocycles. The summed E-state index contributed by atoms with van der Waals surface area (Å²) in [6, 6.07) is 13.3. The Morgan fingerprint density at radius 1 is 1.10 bits per heavy atom. The molecular formula is C21H19ClN3O3S. The monoisotopic (exact) mass is 428 g/mol. The molecule has 1 saturated heterocycles. The fourth-order valence-corrected chi connectivity index (χ4v) is 6.06. The van der Waals surface area contributed by atoms with Crippen LogP contribution in [0.1, 0.15) is 11.1 Å². The smallest absolute Gasteiger partial charge is 0.184 e. The lowest BCUT2D eigenvalue weighted by molar-refractivity contribution is 0.0342. The maximum atomic E-state index is 12.7. The first kappa shape index (κ1) is 18.8. The van der Waals surface area contributed by atoms with Crippen LogP contribution < -0.4 is 0 Å². The third-order valence-electron chi connectivity index (χ3n) is 5.34. The number of benzene rings is 2. The van der Waals surface area contributed by atoms with Crippen molar-refractivity contribution in [1.82, 2.24) is 14.7 Å². The predicted molar refractivity (Wildman–Crippen MR) is 110 cm³/mol. The Morgan fingerprint density at radius 3 is 2.62 bits per heavy atom. The van der Waals surface area contributed by atoms with Crippen molar-refractivity contribution >= 4 is 21.4 Å². The van der Waals surface area contributed by atoms with Crippen molar-refractivity contribution in [1.29, 1.82) is 0 Å². The van der Waals surface area contributed by atoms with E-state index in [9.17, 15) is 8.42 Å². The molecule has 3 heterocycles. The van der Waals surface area contributed by atoms with Crippen molar-refractivity contribution < 1.29 is 13.2 Å². The second-order valence-electron chi connectivity index (χ2n) is 7.28. The molecule has 8 heteroatoms. The number of nitrogens with zero attached hydrogens (tertiary/aromatic N) is 3. The van der Waals surface area contributed by atoms with E-state index in [2.05, 4.69) is 28.3 Å². The Hall–Kier alpha value is -2.19. The van der Waals surface area contributed by atoms with E-state index < -0.39 is 9.84 Å². The maximum absolute atomic E-state index is 12.7. The molecule has 3 aromatic rings. The van der Waals surface area contributed by atoms with Gasteiger partial charge < -0.3 is 4.74 Å². The second kappa shape index (κ2) is 7.25. The highest BCUT2D eigenvalue weighted by Gasteiger charge is 2.33. The van der Waals surface area contributed by atoms with E-state index in [1.807, 2.05) is 12.1 Å². The summed E-state index contributed by atoms with van der Waals surface area (Å²) in [5.74, 6) is -0.145. The van der Waals surface area contributed by atoms with Crippen molar-refractivity contribution in [3.63, 3.8) is 0 Å². The summed E-state index contributed by atoms with van der Waals surface area (Å²) in [5, 5.41) is 4.60. The van der Waals surface area contributed by atoms with Gasteiger partial charge in [0.15, 0.2) is 9.84 Å². The van der Waals surface area contributed by atoms with Crippen LogP contribution in [0.4, 0.5) is 0 Å². The lowest BCUT2D eigenvalue weighted by atomic mass is 10.1. The molecule has 2 aliphatic rings. The summed E-state index contributed by atoms with van der Waals surface area (Å²) in [5.41, 5.74) is 3.95. The largest absolute Gasteiger partial charge is 0.379 e. The predicted octanol–water partition coefficient (Wildman–Crippen LogP) is 3.11. The molecule has 1 aromatic heterocycles. The zero-order valence-corrected chi connectivity index (χ0v) is 17.2. The second-order valence-corrected chi connectivity index (χ2v) is 9.61. The van der Waals surface area contributed by atoms with Crippen LogP contribution in [0.3, 0.4) is 0 Å². The molecule has 1 radical (unpaired) electrons. The van der Waals surface area contributed by atoms with Gasteiger partial charge in [0.1, 0.15) is 6.20 Å². The van der Waals surface area contributed by atoms with Crippen LogP contribution >= 0.6 is 11.6 Å². The first-order chi connectivity index (χ1) is 14.0. The van der Waals surface area contributed by atoms with E-state index in [0.29, 0.717) is 11.1 Å². The van der Waals surface area contributed by atoms with E-state index in [4.69, 9.17) is 16.3 Å². The highest BCUT2D eigenvalue weighted by atomic mass is 35.5. The minimum Gasteiger partial charge on any atom is -0.379 e. The Bertz CT molecular complexity index is 1170. The lowest BCUT2D eigenvalue weighted by Gasteiger charge is -2.26. The van der Waals surface area contributed by atoms with Crippen LogP contribution in [0.5, 0.6) is 0 Å². The molecule has 149 valence electrons. The summed E-state index contributed by atoms with van der Waals surface area (Å²) in [7, 11) is -3.51. The van der Waals surface area contributed by atoms with Gasteiger partial charge in [-0.15, -0.1) is 0 Å². The first-order valence-corrected chi connectivity index (χ1v) is 11.5. The maximum Gasteiger partial charge on any atom is 0.184 e. The van der Waals surface area contributed by atoms with E-state index >= 15 is 0 Å². The molecule has 2 aromatic carbocycles. The number of sulfone groups is 1. The van der Waals surface area contributed by atoms with Gasteiger partial charge in [-0.3, -0.25) is 4.90 Å². The van der Waals surface area contributed by atoms with Crippen LogP contribution in [0.15, 0.2) is 47.4 Å². The number of fused-ring (bicyclic) bond motifs is 3. The molecule has 0 atom stereocenters. The average Bonchev–Trinajstić information content (AvgIpc) is 3.12. The van der Waals surface area contributed by atoms with Crippen LogP contribution in [0, 0.1) is 6.20 Å². The average molecular weight is 429 g/mol. The van der Waals surface area contributed by atoms with Gasteiger partial charge in [-0.05, 0) is 23.8 Å². The standard InChI is InChI=1S/C21H19ClN3O3S/c22-19-3-1-2-18-20-16(14-29(26,27)21(18)19)12-23-25(20)17-6-4-15(5-7-17)13-24-8-10-28-11-9-24/h1-7H,8-11,13-14H2. The summed E-state index contributed by atoms with van der Waals surface area (Å²) < 4.78 is 32.5. The molecule has 0 unspecified atom stereocenters. The van der Waals surface area contributed by atoms with Gasteiger partial charge in [-0.2, -0.15) is 5.10 Å². The molecule has 0 aliphatic carbocycles. The quantitative estimate of drug-likeness (QED) is 0.641. The summed E-state index contributed by atoms with van der Waals surface area (Å²) >= 11 is 6.24. The molecule has 0 amide bonds. The van der Waals surface area contributed by atoms with Crippen LogP contribution in [0.2, 0.25) is 5.02 Å². The highest BCUT2D eigenvalue weighted by molar-refractivity contribution is 7.91. The van der Waals surface area contributed by atoms with Gasteiger partial charge in [0.25, 0.3) is 0 Å². The third-order valence-corrected chi connectivity index (χ3v) is 7.50. The van der Waals surface area contributed by atoms with E-state index in [1.165, 1.54) is 5.56 Å². The molecule has 2 aliphatic heterocycles. The number of ether oxygens (including phenoxy) is 1. The number of rotatable bonds is 3. The Kier molecular flexibility index (Phi) is 4.70. The molecule has 6 nitrogen and oxygen atoms in total. The zero-order chi connectivity index (χ0) is 20.0.